The number of nitrogens with one attached hydrogen (secondary N) is 1. The number of ether oxygens (including phenoxy) is 1. The molecule has 0 amide bonds. The summed E-state index contributed by atoms with van der Waals surface area (Å²) in [5.74, 6) is 0.834. The second-order valence-corrected chi connectivity index (χ2v) is 3.19. The Morgan fingerprint density at radius 1 is 1.38 bits per heavy atom. The first-order chi connectivity index (χ1) is 6.26. The predicted octanol–water partition coefficient (Wildman–Crippen LogP) is 2.46. The van der Waals surface area contributed by atoms with Gasteiger partial charge in [-0.3, -0.25) is 0 Å². The minimum Gasteiger partial charge on any atom is -0.494 e. The minimum atomic E-state index is 0.666. The van der Waals surface area contributed by atoms with Gasteiger partial charge < -0.3 is 10.1 Å². The van der Waals surface area contributed by atoms with Crippen LogP contribution in [-0.2, 0) is 6.54 Å². The molecule has 0 aromatic heterocycles. The number of hydrogen-bond donors (Lipinski definition) is 1. The van der Waals surface area contributed by atoms with Crippen LogP contribution in [-0.4, -0.2) is 13.7 Å². The van der Waals surface area contributed by atoms with E-state index in [1.807, 2.05) is 32.2 Å². The van der Waals surface area contributed by atoms with Gasteiger partial charge in [-0.25, -0.2) is 0 Å². The molecule has 0 atom stereocenters. The van der Waals surface area contributed by atoms with E-state index in [2.05, 4.69) is 5.32 Å². The van der Waals surface area contributed by atoms with Crippen LogP contribution in [0.25, 0.3) is 0 Å². The van der Waals surface area contributed by atoms with E-state index in [1.54, 1.807) is 0 Å². The Bertz CT molecular complexity index is 251. The molecule has 0 saturated heterocycles. The van der Waals surface area contributed by atoms with Gasteiger partial charge in [-0.15, -0.1) is 0 Å². The lowest BCUT2D eigenvalue weighted by Crippen LogP contribution is -2.05. The Morgan fingerprint density at radius 2 is 2.15 bits per heavy atom. The summed E-state index contributed by atoms with van der Waals surface area (Å²) in [5, 5.41) is 3.79. The smallest absolute Gasteiger partial charge is 0.121 e. The van der Waals surface area contributed by atoms with Crippen LogP contribution in [0.3, 0.4) is 0 Å². The topological polar surface area (TPSA) is 21.3 Å². The molecule has 0 aliphatic carbocycles. The van der Waals surface area contributed by atoms with Crippen LogP contribution >= 0.6 is 11.6 Å². The monoisotopic (exact) mass is 199 g/mol. The van der Waals surface area contributed by atoms with Crippen LogP contribution in [0.1, 0.15) is 12.5 Å². The molecular weight excluding hydrogens is 186 g/mol. The molecule has 72 valence electrons. The Kier molecular flexibility index (Phi) is 4.06. The molecule has 1 aromatic rings. The average molecular weight is 200 g/mol. The fourth-order valence-corrected chi connectivity index (χ4v) is 1.42. The zero-order chi connectivity index (χ0) is 9.68. The molecule has 0 bridgehead atoms. The quantitative estimate of drug-likeness (QED) is 0.805. The van der Waals surface area contributed by atoms with Crippen molar-refractivity contribution in [1.29, 1.82) is 0 Å². The zero-order valence-electron chi connectivity index (χ0n) is 7.93. The zero-order valence-corrected chi connectivity index (χ0v) is 8.69. The fraction of sp³-hybridized carbons (Fsp3) is 0.400. The normalized spacial score (nSPS) is 10.1. The van der Waals surface area contributed by atoms with Crippen molar-refractivity contribution in [2.24, 2.45) is 0 Å². The molecule has 0 heterocycles. The van der Waals surface area contributed by atoms with Gasteiger partial charge in [0.25, 0.3) is 0 Å². The van der Waals surface area contributed by atoms with Crippen LogP contribution in [0.15, 0.2) is 18.2 Å². The first-order valence-corrected chi connectivity index (χ1v) is 4.71. The average Bonchev–Trinajstić information content (AvgIpc) is 2.04. The van der Waals surface area contributed by atoms with E-state index in [-0.39, 0.29) is 0 Å². The molecule has 2 nitrogen and oxygen atoms in total. The molecule has 0 unspecified atom stereocenters. The summed E-state index contributed by atoms with van der Waals surface area (Å²) >= 11 is 5.91. The van der Waals surface area contributed by atoms with Gasteiger partial charge in [0.1, 0.15) is 5.75 Å². The molecule has 1 N–H and O–H groups in total. The largest absolute Gasteiger partial charge is 0.494 e. The SMILES string of the molecule is CCOc1cc(Cl)cc(CNC)c1. The third-order valence-electron chi connectivity index (χ3n) is 1.62. The van der Waals surface area contributed by atoms with Gasteiger partial charge in [0, 0.05) is 11.6 Å². The van der Waals surface area contributed by atoms with Gasteiger partial charge in [0.2, 0.25) is 0 Å². The van der Waals surface area contributed by atoms with E-state index < -0.39 is 0 Å². The summed E-state index contributed by atoms with van der Waals surface area (Å²) in [7, 11) is 1.90. The highest BCUT2D eigenvalue weighted by Gasteiger charge is 1.98. The van der Waals surface area contributed by atoms with Crippen molar-refractivity contribution in [2.45, 2.75) is 13.5 Å². The Hall–Kier alpha value is -0.730. The standard InChI is InChI=1S/C10H14ClNO/c1-3-13-10-5-8(7-12-2)4-9(11)6-10/h4-6,12H,3,7H2,1-2H3. The van der Waals surface area contributed by atoms with Gasteiger partial charge in [0.15, 0.2) is 0 Å². The van der Waals surface area contributed by atoms with E-state index >= 15 is 0 Å². The summed E-state index contributed by atoms with van der Waals surface area (Å²) in [6.45, 7) is 3.43. The molecule has 0 radical (unpaired) electrons. The summed E-state index contributed by atoms with van der Waals surface area (Å²) in [6, 6.07) is 5.75. The number of hydrogen-bond acceptors (Lipinski definition) is 2. The summed E-state index contributed by atoms with van der Waals surface area (Å²) in [4.78, 5) is 0. The Labute approximate surface area is 83.9 Å². The third kappa shape index (κ3) is 3.25. The van der Waals surface area contributed by atoms with Crippen LogP contribution < -0.4 is 10.1 Å². The second kappa shape index (κ2) is 5.10. The van der Waals surface area contributed by atoms with E-state index in [1.165, 1.54) is 0 Å². The molecule has 1 aromatic carbocycles. The summed E-state index contributed by atoms with van der Waals surface area (Å²) < 4.78 is 5.36. The van der Waals surface area contributed by atoms with E-state index in [9.17, 15) is 0 Å². The van der Waals surface area contributed by atoms with Gasteiger partial charge in [-0.2, -0.15) is 0 Å². The first-order valence-electron chi connectivity index (χ1n) is 4.33. The second-order valence-electron chi connectivity index (χ2n) is 2.76. The lowest BCUT2D eigenvalue weighted by Gasteiger charge is -2.06. The molecular formula is C10H14ClNO. The highest BCUT2D eigenvalue weighted by Crippen LogP contribution is 2.20. The third-order valence-corrected chi connectivity index (χ3v) is 1.84. The number of halogens is 1. The summed E-state index contributed by atoms with van der Waals surface area (Å²) in [5.41, 5.74) is 1.14. The molecule has 0 aliphatic rings. The fourth-order valence-electron chi connectivity index (χ4n) is 1.18. The van der Waals surface area contributed by atoms with Gasteiger partial charge in [-0.1, -0.05) is 11.6 Å². The summed E-state index contributed by atoms with van der Waals surface area (Å²) in [6.07, 6.45) is 0. The first kappa shape index (κ1) is 10.4. The number of benzene rings is 1. The van der Waals surface area contributed by atoms with Crippen molar-refractivity contribution >= 4 is 11.6 Å². The Balaban J connectivity index is 2.83. The van der Waals surface area contributed by atoms with Crippen LogP contribution in [0, 0.1) is 0 Å². The number of rotatable bonds is 4. The van der Waals surface area contributed by atoms with Crippen molar-refractivity contribution in [3.05, 3.63) is 28.8 Å². The maximum atomic E-state index is 5.91. The van der Waals surface area contributed by atoms with Gasteiger partial charge in [-0.05, 0) is 37.7 Å². The highest BCUT2D eigenvalue weighted by molar-refractivity contribution is 6.30. The predicted molar refractivity (Wildman–Crippen MR) is 55.4 cm³/mol. The molecule has 13 heavy (non-hydrogen) atoms. The van der Waals surface area contributed by atoms with Crippen molar-refractivity contribution < 1.29 is 4.74 Å². The van der Waals surface area contributed by atoms with Crippen molar-refractivity contribution in [3.8, 4) is 5.75 Å². The molecule has 0 fully saturated rings. The van der Waals surface area contributed by atoms with E-state index in [0.717, 1.165) is 22.9 Å². The molecule has 1 rings (SSSR count). The van der Waals surface area contributed by atoms with Crippen molar-refractivity contribution in [1.82, 2.24) is 5.32 Å². The molecule has 3 heteroatoms. The van der Waals surface area contributed by atoms with Gasteiger partial charge >= 0.3 is 0 Å². The van der Waals surface area contributed by atoms with E-state index in [4.69, 9.17) is 16.3 Å². The maximum Gasteiger partial charge on any atom is 0.121 e. The molecule has 0 spiro atoms. The minimum absolute atomic E-state index is 0.666. The Morgan fingerprint density at radius 3 is 2.77 bits per heavy atom. The van der Waals surface area contributed by atoms with Crippen LogP contribution in [0.5, 0.6) is 5.75 Å². The lowest BCUT2D eigenvalue weighted by atomic mass is 10.2. The van der Waals surface area contributed by atoms with Crippen molar-refractivity contribution in [2.75, 3.05) is 13.7 Å². The molecule has 0 aliphatic heterocycles. The van der Waals surface area contributed by atoms with Crippen LogP contribution in [0.4, 0.5) is 0 Å². The van der Waals surface area contributed by atoms with E-state index in [0.29, 0.717) is 6.61 Å². The van der Waals surface area contributed by atoms with Gasteiger partial charge in [0.05, 0.1) is 6.61 Å². The molecule has 0 saturated carbocycles. The lowest BCUT2D eigenvalue weighted by molar-refractivity contribution is 0.340. The highest BCUT2D eigenvalue weighted by atomic mass is 35.5. The van der Waals surface area contributed by atoms with Crippen LogP contribution in [0.2, 0.25) is 5.02 Å². The van der Waals surface area contributed by atoms with Crippen molar-refractivity contribution in [3.63, 3.8) is 0 Å². The maximum absolute atomic E-state index is 5.91.